The maximum atomic E-state index is 10.8. The van der Waals surface area contributed by atoms with Crippen molar-refractivity contribution in [3.05, 3.63) is 0 Å². The number of ether oxygens (including phenoxy) is 1. The molecule has 3 heteroatoms. The number of carbonyl (C=O) groups excluding carboxylic acids is 1. The van der Waals surface area contributed by atoms with Crippen molar-refractivity contribution in [2.24, 2.45) is 11.7 Å². The predicted octanol–water partition coefficient (Wildman–Crippen LogP) is 1.70. The van der Waals surface area contributed by atoms with Crippen molar-refractivity contribution in [3.63, 3.8) is 0 Å². The Kier molecular flexibility index (Phi) is 6.59. The van der Waals surface area contributed by atoms with Crippen LogP contribution in [0.1, 0.15) is 39.5 Å². The van der Waals surface area contributed by atoms with Gasteiger partial charge in [0.05, 0.1) is 7.11 Å². The molecule has 2 unspecified atom stereocenters. The zero-order valence-corrected chi connectivity index (χ0v) is 8.88. The number of rotatable bonds is 6. The summed E-state index contributed by atoms with van der Waals surface area (Å²) >= 11 is 0. The van der Waals surface area contributed by atoms with Gasteiger partial charge in [-0.2, -0.15) is 0 Å². The minimum atomic E-state index is -0.167. The highest BCUT2D eigenvalue weighted by Crippen LogP contribution is 2.11. The van der Waals surface area contributed by atoms with E-state index < -0.39 is 0 Å². The molecular formula is C10H21NO2. The molecule has 0 aliphatic rings. The largest absolute Gasteiger partial charge is 0.469 e. The van der Waals surface area contributed by atoms with Gasteiger partial charge in [0, 0.05) is 12.5 Å². The highest BCUT2D eigenvalue weighted by Gasteiger charge is 2.09. The Morgan fingerprint density at radius 1 is 1.54 bits per heavy atom. The summed E-state index contributed by atoms with van der Waals surface area (Å²) in [6.07, 6.45) is 3.31. The fourth-order valence-corrected chi connectivity index (χ4v) is 1.21. The first-order valence-electron chi connectivity index (χ1n) is 4.92. The number of methoxy groups -OCH3 is 1. The molecule has 0 aliphatic heterocycles. The summed E-state index contributed by atoms with van der Waals surface area (Å²) in [6, 6.07) is 0.133. The molecule has 2 atom stereocenters. The van der Waals surface area contributed by atoms with Crippen molar-refractivity contribution < 1.29 is 9.53 Å². The highest BCUT2D eigenvalue weighted by atomic mass is 16.5. The van der Waals surface area contributed by atoms with Crippen molar-refractivity contribution in [3.8, 4) is 0 Å². The van der Waals surface area contributed by atoms with Gasteiger partial charge < -0.3 is 10.5 Å². The molecule has 0 aromatic rings. The summed E-state index contributed by atoms with van der Waals surface area (Å²) < 4.78 is 4.54. The third kappa shape index (κ3) is 6.58. The lowest BCUT2D eigenvalue weighted by Crippen LogP contribution is -2.23. The summed E-state index contributed by atoms with van der Waals surface area (Å²) in [7, 11) is 1.41. The number of nitrogens with two attached hydrogens (primary N) is 1. The second kappa shape index (κ2) is 6.89. The molecule has 0 amide bonds. The first-order chi connectivity index (χ1) is 6.10. The first-order valence-corrected chi connectivity index (χ1v) is 4.92. The molecule has 0 heterocycles. The Morgan fingerprint density at radius 3 is 2.62 bits per heavy atom. The predicted molar refractivity (Wildman–Crippen MR) is 53.3 cm³/mol. The number of esters is 1. The van der Waals surface area contributed by atoms with Crippen molar-refractivity contribution in [1.29, 1.82) is 0 Å². The van der Waals surface area contributed by atoms with Crippen LogP contribution in [-0.4, -0.2) is 19.1 Å². The van der Waals surface area contributed by atoms with Crippen molar-refractivity contribution >= 4 is 5.97 Å². The molecule has 78 valence electrons. The number of hydrogen-bond acceptors (Lipinski definition) is 3. The third-order valence-electron chi connectivity index (χ3n) is 2.35. The monoisotopic (exact) mass is 187 g/mol. The van der Waals surface area contributed by atoms with Crippen LogP contribution in [0.5, 0.6) is 0 Å². The van der Waals surface area contributed by atoms with Gasteiger partial charge in [0.1, 0.15) is 0 Å². The summed E-state index contributed by atoms with van der Waals surface area (Å²) in [5.41, 5.74) is 5.85. The second-order valence-electron chi connectivity index (χ2n) is 3.62. The SMILES string of the molecule is CCC(C)CC(N)CCC(=O)OC. The number of hydrogen-bond donors (Lipinski definition) is 1. The lowest BCUT2D eigenvalue weighted by molar-refractivity contribution is -0.140. The van der Waals surface area contributed by atoms with Crippen LogP contribution >= 0.6 is 0 Å². The van der Waals surface area contributed by atoms with E-state index in [1.54, 1.807) is 0 Å². The van der Waals surface area contributed by atoms with Crippen molar-refractivity contribution in [1.82, 2.24) is 0 Å². The van der Waals surface area contributed by atoms with Crippen LogP contribution in [0.2, 0.25) is 0 Å². The molecule has 3 nitrogen and oxygen atoms in total. The van der Waals surface area contributed by atoms with Crippen LogP contribution < -0.4 is 5.73 Å². The van der Waals surface area contributed by atoms with Crippen LogP contribution in [0.25, 0.3) is 0 Å². The summed E-state index contributed by atoms with van der Waals surface area (Å²) in [5, 5.41) is 0. The molecule has 0 saturated carbocycles. The van der Waals surface area contributed by atoms with E-state index in [-0.39, 0.29) is 12.0 Å². The van der Waals surface area contributed by atoms with Crippen LogP contribution in [0.3, 0.4) is 0 Å². The van der Waals surface area contributed by atoms with E-state index >= 15 is 0 Å². The van der Waals surface area contributed by atoms with Gasteiger partial charge >= 0.3 is 5.97 Å². The summed E-state index contributed by atoms with van der Waals surface area (Å²) in [5.74, 6) is 0.479. The first kappa shape index (κ1) is 12.4. The van der Waals surface area contributed by atoms with Crippen molar-refractivity contribution in [2.75, 3.05) is 7.11 Å². The van der Waals surface area contributed by atoms with E-state index in [4.69, 9.17) is 5.73 Å². The Balaban J connectivity index is 3.50. The van der Waals surface area contributed by atoms with Crippen LogP contribution in [0.15, 0.2) is 0 Å². The van der Waals surface area contributed by atoms with E-state index in [0.29, 0.717) is 12.3 Å². The van der Waals surface area contributed by atoms with Gasteiger partial charge in [0.2, 0.25) is 0 Å². The average Bonchev–Trinajstić information content (AvgIpc) is 2.13. The van der Waals surface area contributed by atoms with E-state index in [1.165, 1.54) is 7.11 Å². The summed E-state index contributed by atoms with van der Waals surface area (Å²) in [6.45, 7) is 4.33. The van der Waals surface area contributed by atoms with E-state index in [1.807, 2.05) is 0 Å². The van der Waals surface area contributed by atoms with Crippen LogP contribution in [-0.2, 0) is 9.53 Å². The fourth-order valence-electron chi connectivity index (χ4n) is 1.21. The van der Waals surface area contributed by atoms with Gasteiger partial charge in [-0.25, -0.2) is 0 Å². The Hall–Kier alpha value is -0.570. The topological polar surface area (TPSA) is 52.3 Å². The molecule has 13 heavy (non-hydrogen) atoms. The molecule has 0 spiro atoms. The molecule has 0 aromatic heterocycles. The maximum Gasteiger partial charge on any atom is 0.305 e. The molecule has 0 rings (SSSR count). The maximum absolute atomic E-state index is 10.8. The van der Waals surface area contributed by atoms with Crippen LogP contribution in [0.4, 0.5) is 0 Å². The molecule has 2 N–H and O–H groups in total. The van der Waals surface area contributed by atoms with Gasteiger partial charge in [-0.15, -0.1) is 0 Å². The Labute approximate surface area is 80.6 Å². The molecule has 0 bridgehead atoms. The Morgan fingerprint density at radius 2 is 2.15 bits per heavy atom. The van der Waals surface area contributed by atoms with E-state index in [0.717, 1.165) is 19.3 Å². The third-order valence-corrected chi connectivity index (χ3v) is 2.35. The van der Waals surface area contributed by atoms with E-state index in [9.17, 15) is 4.79 Å². The molecule has 0 fully saturated rings. The fraction of sp³-hybridized carbons (Fsp3) is 0.900. The van der Waals surface area contributed by atoms with Crippen LogP contribution in [0, 0.1) is 5.92 Å². The minimum absolute atomic E-state index is 0.133. The van der Waals surface area contributed by atoms with Gasteiger partial charge in [0.25, 0.3) is 0 Å². The Bertz CT molecular complexity index is 148. The lowest BCUT2D eigenvalue weighted by Gasteiger charge is -2.14. The van der Waals surface area contributed by atoms with Gasteiger partial charge in [-0.1, -0.05) is 20.3 Å². The lowest BCUT2D eigenvalue weighted by atomic mass is 9.97. The molecular weight excluding hydrogens is 166 g/mol. The second-order valence-corrected chi connectivity index (χ2v) is 3.62. The molecule has 0 saturated heterocycles. The zero-order chi connectivity index (χ0) is 10.3. The molecule has 0 aromatic carbocycles. The van der Waals surface area contributed by atoms with Gasteiger partial charge in [-0.05, 0) is 18.8 Å². The summed E-state index contributed by atoms with van der Waals surface area (Å²) in [4.78, 5) is 10.8. The minimum Gasteiger partial charge on any atom is -0.469 e. The quantitative estimate of drug-likeness (QED) is 0.644. The van der Waals surface area contributed by atoms with E-state index in [2.05, 4.69) is 18.6 Å². The average molecular weight is 187 g/mol. The smallest absolute Gasteiger partial charge is 0.305 e. The normalized spacial score (nSPS) is 15.1. The number of carbonyl (C=O) groups is 1. The molecule has 0 aliphatic carbocycles. The molecule has 0 radical (unpaired) electrons. The zero-order valence-electron chi connectivity index (χ0n) is 8.88. The van der Waals surface area contributed by atoms with Gasteiger partial charge in [0.15, 0.2) is 0 Å². The van der Waals surface area contributed by atoms with Gasteiger partial charge in [-0.3, -0.25) is 4.79 Å². The van der Waals surface area contributed by atoms with Crippen molar-refractivity contribution in [2.45, 2.75) is 45.6 Å². The standard InChI is InChI=1S/C10H21NO2/c1-4-8(2)7-9(11)5-6-10(12)13-3/h8-9H,4-7,11H2,1-3H3. The highest BCUT2D eigenvalue weighted by molar-refractivity contribution is 5.69.